The normalized spacial score (nSPS) is 8.83. The minimum Gasteiger partial charge on any atom is -0.449 e. The van der Waals surface area contributed by atoms with Gasteiger partial charge in [-0.15, -0.1) is 0 Å². The van der Waals surface area contributed by atoms with E-state index in [1.165, 1.54) is 19.1 Å². The third-order valence-electron chi connectivity index (χ3n) is 1.65. The summed E-state index contributed by atoms with van der Waals surface area (Å²) in [6, 6.07) is 0. The molecule has 7 heteroatoms. The quantitative estimate of drug-likeness (QED) is 0.604. The second-order valence-electron chi connectivity index (χ2n) is 3.29. The van der Waals surface area contributed by atoms with Crippen molar-refractivity contribution in [3.05, 3.63) is 49.4 Å². The van der Waals surface area contributed by atoms with E-state index in [0.717, 1.165) is 11.5 Å². The molecule has 0 radical (unpaired) electrons. The Morgan fingerprint density at radius 3 is 1.61 bits per heavy atom. The number of nitrogens with zero attached hydrogens (tertiary/aromatic N) is 5. The molecule has 7 nitrogen and oxygen atoms in total. The highest BCUT2D eigenvalue weighted by Gasteiger charge is 1.78. The van der Waals surface area contributed by atoms with Crippen LogP contribution in [0, 0.1) is 13.8 Å². The summed E-state index contributed by atoms with van der Waals surface area (Å²) in [5.41, 5.74) is 0. The molecule has 0 aliphatic rings. The molecule has 3 rings (SSSR count). The van der Waals surface area contributed by atoms with Gasteiger partial charge < -0.3 is 8.83 Å². The summed E-state index contributed by atoms with van der Waals surface area (Å²) >= 11 is 0. The molecule has 0 aromatic carbocycles. The highest BCUT2D eigenvalue weighted by atomic mass is 16.3. The van der Waals surface area contributed by atoms with E-state index in [4.69, 9.17) is 8.83 Å². The molecule has 3 aromatic rings. The molecule has 3 aromatic heterocycles. The minimum absolute atomic E-state index is 0.856. The lowest BCUT2D eigenvalue weighted by atomic mass is 10.6. The first-order valence-electron chi connectivity index (χ1n) is 5.17. The van der Waals surface area contributed by atoms with Gasteiger partial charge in [-0.25, -0.2) is 15.0 Å². The molecular formula is C11H15N5O2. The van der Waals surface area contributed by atoms with Crippen molar-refractivity contribution < 1.29 is 8.83 Å². The lowest BCUT2D eigenvalue weighted by Gasteiger charge is -1.74. The lowest BCUT2D eigenvalue weighted by molar-refractivity contribution is 0.526. The van der Waals surface area contributed by atoms with Crippen molar-refractivity contribution in [1.29, 1.82) is 0 Å². The van der Waals surface area contributed by atoms with Gasteiger partial charge in [0.1, 0.15) is 24.2 Å². The van der Waals surface area contributed by atoms with Gasteiger partial charge in [0.05, 0.1) is 12.4 Å². The fraction of sp³-hybridized carbons (Fsp3) is 0.273. The maximum absolute atomic E-state index is 4.72. The van der Waals surface area contributed by atoms with Crippen LogP contribution in [0.4, 0.5) is 0 Å². The van der Waals surface area contributed by atoms with Crippen LogP contribution in [0.15, 0.2) is 46.7 Å². The van der Waals surface area contributed by atoms with Crippen LogP contribution in [0.1, 0.15) is 11.5 Å². The Bertz CT molecular complexity index is 411. The third-order valence-corrected chi connectivity index (χ3v) is 1.65. The second kappa shape index (κ2) is 7.77. The smallest absolute Gasteiger partial charge is 0.180 e. The lowest BCUT2D eigenvalue weighted by Crippen LogP contribution is -1.83. The summed E-state index contributed by atoms with van der Waals surface area (Å²) in [6.07, 6.45) is 9.30. The summed E-state index contributed by atoms with van der Waals surface area (Å²) < 4.78 is 11.1. The first kappa shape index (κ1) is 13.6. The Labute approximate surface area is 105 Å². The van der Waals surface area contributed by atoms with Gasteiger partial charge >= 0.3 is 0 Å². The highest BCUT2D eigenvalue weighted by molar-refractivity contribution is 4.81. The van der Waals surface area contributed by atoms with Crippen molar-refractivity contribution in [2.75, 3.05) is 0 Å². The summed E-state index contributed by atoms with van der Waals surface area (Å²) in [6.45, 7) is 3.71. The minimum atomic E-state index is 0.856. The molecule has 96 valence electrons. The van der Waals surface area contributed by atoms with Gasteiger partial charge in [0.25, 0.3) is 0 Å². The fourth-order valence-corrected chi connectivity index (χ4v) is 0.826. The van der Waals surface area contributed by atoms with Crippen LogP contribution in [0.2, 0.25) is 0 Å². The summed E-state index contributed by atoms with van der Waals surface area (Å²) in [5, 5.41) is 3.72. The van der Waals surface area contributed by atoms with E-state index in [0.29, 0.717) is 0 Å². The molecule has 0 bridgehead atoms. The first-order valence-corrected chi connectivity index (χ1v) is 5.17. The molecule has 0 amide bonds. The van der Waals surface area contributed by atoms with Gasteiger partial charge in [-0.05, 0) is 13.8 Å². The van der Waals surface area contributed by atoms with E-state index in [2.05, 4.69) is 20.1 Å². The Balaban J connectivity index is 0.000000135. The zero-order valence-corrected chi connectivity index (χ0v) is 10.5. The number of aryl methyl sites for hydroxylation is 3. The molecule has 0 fully saturated rings. The summed E-state index contributed by atoms with van der Waals surface area (Å²) in [4.78, 5) is 11.0. The average molecular weight is 249 g/mol. The van der Waals surface area contributed by atoms with Crippen LogP contribution >= 0.6 is 0 Å². The van der Waals surface area contributed by atoms with Crippen molar-refractivity contribution in [3.8, 4) is 0 Å². The number of hydrogen-bond acceptors (Lipinski definition) is 6. The van der Waals surface area contributed by atoms with Crippen molar-refractivity contribution in [2.24, 2.45) is 7.05 Å². The fourth-order valence-electron chi connectivity index (χ4n) is 0.826. The zero-order valence-electron chi connectivity index (χ0n) is 10.5. The van der Waals surface area contributed by atoms with Crippen LogP contribution in [0.25, 0.3) is 0 Å². The van der Waals surface area contributed by atoms with Crippen molar-refractivity contribution in [3.63, 3.8) is 0 Å². The van der Waals surface area contributed by atoms with Crippen LogP contribution in [0.3, 0.4) is 0 Å². The largest absolute Gasteiger partial charge is 0.449 e. The monoisotopic (exact) mass is 249 g/mol. The predicted octanol–water partition coefficient (Wildman–Crippen LogP) is 1.78. The molecule has 0 aliphatic carbocycles. The molecular weight excluding hydrogens is 234 g/mol. The van der Waals surface area contributed by atoms with E-state index in [1.54, 1.807) is 23.4 Å². The summed E-state index contributed by atoms with van der Waals surface area (Å²) in [7, 11) is 1.83. The van der Waals surface area contributed by atoms with Crippen LogP contribution in [0.5, 0.6) is 0 Å². The molecule has 0 saturated carbocycles. The van der Waals surface area contributed by atoms with Crippen LogP contribution < -0.4 is 0 Å². The number of hydrogen-bond donors (Lipinski definition) is 0. The van der Waals surface area contributed by atoms with Gasteiger partial charge in [-0.2, -0.15) is 5.10 Å². The van der Waals surface area contributed by atoms with Crippen LogP contribution in [-0.2, 0) is 7.05 Å². The molecule has 0 spiro atoms. The van der Waals surface area contributed by atoms with Gasteiger partial charge in [-0.1, -0.05) is 0 Å². The number of aromatic nitrogens is 5. The Kier molecular flexibility index (Phi) is 5.88. The SMILES string of the molecule is Cc1cnco1.Cc1cnco1.Cn1cncn1. The first-order chi connectivity index (χ1) is 8.68. The average Bonchev–Trinajstić information content (AvgIpc) is 3.05. The van der Waals surface area contributed by atoms with E-state index in [1.807, 2.05) is 20.9 Å². The van der Waals surface area contributed by atoms with Crippen LogP contribution in [-0.4, -0.2) is 24.7 Å². The Morgan fingerprint density at radius 1 is 0.944 bits per heavy atom. The molecule has 0 unspecified atom stereocenters. The van der Waals surface area contributed by atoms with Crippen molar-refractivity contribution in [1.82, 2.24) is 24.7 Å². The molecule has 3 heterocycles. The summed E-state index contributed by atoms with van der Waals surface area (Å²) in [5.74, 6) is 1.71. The van der Waals surface area contributed by atoms with E-state index in [9.17, 15) is 0 Å². The second-order valence-corrected chi connectivity index (χ2v) is 3.29. The van der Waals surface area contributed by atoms with E-state index < -0.39 is 0 Å². The van der Waals surface area contributed by atoms with Gasteiger partial charge in [0, 0.05) is 7.05 Å². The van der Waals surface area contributed by atoms with Gasteiger partial charge in [0.2, 0.25) is 0 Å². The molecule has 0 saturated heterocycles. The number of rotatable bonds is 0. The Hall–Kier alpha value is -2.44. The third kappa shape index (κ3) is 6.21. The van der Waals surface area contributed by atoms with Gasteiger partial charge in [-0.3, -0.25) is 4.68 Å². The number of oxazole rings is 2. The molecule has 0 N–H and O–H groups in total. The van der Waals surface area contributed by atoms with Gasteiger partial charge in [0.15, 0.2) is 12.8 Å². The zero-order chi connectivity index (χ0) is 13.2. The Morgan fingerprint density at radius 2 is 1.50 bits per heavy atom. The molecule has 18 heavy (non-hydrogen) atoms. The highest BCUT2D eigenvalue weighted by Crippen LogP contribution is 1.89. The topological polar surface area (TPSA) is 82.8 Å². The standard InChI is InChI=1S/2C4H5NO.C3H5N3/c2*1-4-2-5-3-6-4;1-6-3-4-2-5-6/h3*2-3H,1H3. The van der Waals surface area contributed by atoms with E-state index >= 15 is 0 Å². The van der Waals surface area contributed by atoms with Crippen molar-refractivity contribution in [2.45, 2.75) is 13.8 Å². The molecule has 0 aliphatic heterocycles. The predicted molar refractivity (Wildman–Crippen MR) is 63.5 cm³/mol. The maximum Gasteiger partial charge on any atom is 0.180 e. The van der Waals surface area contributed by atoms with E-state index in [-0.39, 0.29) is 0 Å². The maximum atomic E-state index is 4.72. The molecule has 0 atom stereocenters. The van der Waals surface area contributed by atoms with Crippen molar-refractivity contribution >= 4 is 0 Å².